The van der Waals surface area contributed by atoms with Crippen LogP contribution in [0.4, 0.5) is 4.79 Å². The second kappa shape index (κ2) is 8.85. The van der Waals surface area contributed by atoms with E-state index in [2.05, 4.69) is 18.2 Å². The number of carbonyl (C=O) groups is 1. The van der Waals surface area contributed by atoms with Gasteiger partial charge < -0.3 is 18.9 Å². The fraction of sp³-hybridized carbons (Fsp3) is 0.370. The zero-order valence-corrected chi connectivity index (χ0v) is 20.2. The van der Waals surface area contributed by atoms with Crippen molar-refractivity contribution in [3.63, 3.8) is 0 Å². The van der Waals surface area contributed by atoms with Gasteiger partial charge in [0.15, 0.2) is 11.5 Å². The molecule has 3 aromatic carbocycles. The lowest BCUT2D eigenvalue weighted by molar-refractivity contribution is 0.0340. The zero-order chi connectivity index (χ0) is 23.8. The molecule has 0 atom stereocenters. The van der Waals surface area contributed by atoms with Crippen LogP contribution in [0.1, 0.15) is 39.2 Å². The molecule has 1 heterocycles. The van der Waals surface area contributed by atoms with Crippen LogP contribution in [0, 0.1) is 0 Å². The topological polar surface area (TPSA) is 57.2 Å². The molecule has 0 bridgehead atoms. The van der Waals surface area contributed by atoms with Crippen molar-refractivity contribution in [3.8, 4) is 17.2 Å². The summed E-state index contributed by atoms with van der Waals surface area (Å²) in [5.74, 6) is 2.12. The number of fused-ring (bicyclic) bond motifs is 3. The minimum absolute atomic E-state index is 0.301. The fourth-order valence-electron chi connectivity index (χ4n) is 4.29. The predicted octanol–water partition coefficient (Wildman–Crippen LogP) is 6.39. The Morgan fingerprint density at radius 2 is 1.64 bits per heavy atom. The Morgan fingerprint density at radius 1 is 0.909 bits per heavy atom. The molecule has 0 N–H and O–H groups in total. The van der Waals surface area contributed by atoms with Crippen LogP contribution in [0.2, 0.25) is 0 Å². The van der Waals surface area contributed by atoms with E-state index >= 15 is 0 Å². The van der Waals surface area contributed by atoms with Gasteiger partial charge in [-0.25, -0.2) is 4.79 Å². The Morgan fingerprint density at radius 3 is 2.30 bits per heavy atom. The quantitative estimate of drug-likeness (QED) is 0.432. The molecule has 174 valence electrons. The molecule has 3 aromatic rings. The van der Waals surface area contributed by atoms with Crippen molar-refractivity contribution in [1.82, 2.24) is 4.90 Å². The molecule has 0 saturated carbocycles. The first kappa shape index (κ1) is 22.8. The van der Waals surface area contributed by atoms with Crippen LogP contribution in [0.5, 0.6) is 17.2 Å². The molecular weight excluding hydrogens is 418 g/mol. The maximum absolute atomic E-state index is 12.8. The first-order valence-electron chi connectivity index (χ1n) is 11.1. The van der Waals surface area contributed by atoms with Crippen LogP contribution in [0.15, 0.2) is 42.1 Å². The summed E-state index contributed by atoms with van der Waals surface area (Å²) in [4.78, 5) is 14.5. The molecule has 0 unspecified atom stereocenters. The third kappa shape index (κ3) is 4.56. The maximum Gasteiger partial charge on any atom is 0.414 e. The van der Waals surface area contributed by atoms with Gasteiger partial charge in [-0.15, -0.1) is 0 Å². The highest BCUT2D eigenvalue weighted by Crippen LogP contribution is 2.39. The average Bonchev–Trinajstić information content (AvgIpc) is 3.25. The highest BCUT2D eigenvalue weighted by atomic mass is 16.6. The first-order chi connectivity index (χ1) is 15.7. The lowest BCUT2D eigenvalue weighted by atomic mass is 9.95. The molecule has 1 amide bonds. The molecule has 0 radical (unpaired) electrons. The number of ether oxygens (including phenoxy) is 4. The molecule has 6 nitrogen and oxygen atoms in total. The molecule has 0 aliphatic carbocycles. The molecular formula is C27H31NO5. The van der Waals surface area contributed by atoms with Crippen LogP contribution >= 0.6 is 0 Å². The number of amides is 1. The molecule has 6 heteroatoms. The van der Waals surface area contributed by atoms with E-state index in [1.165, 1.54) is 0 Å². The smallest absolute Gasteiger partial charge is 0.414 e. The summed E-state index contributed by atoms with van der Waals surface area (Å²) < 4.78 is 22.2. The number of rotatable bonds is 4. The predicted molar refractivity (Wildman–Crippen MR) is 131 cm³/mol. The first-order valence-corrected chi connectivity index (χ1v) is 11.1. The third-order valence-electron chi connectivity index (χ3n) is 5.79. The Kier molecular flexibility index (Phi) is 6.11. The molecule has 33 heavy (non-hydrogen) atoms. The van der Waals surface area contributed by atoms with Crippen LogP contribution in [0.25, 0.3) is 27.6 Å². The van der Waals surface area contributed by atoms with E-state index in [-0.39, 0.29) is 6.09 Å². The highest BCUT2D eigenvalue weighted by Gasteiger charge is 2.28. The molecule has 0 aromatic heterocycles. The Hall–Kier alpha value is -3.41. The number of hydrogen-bond acceptors (Lipinski definition) is 5. The maximum atomic E-state index is 12.8. The van der Waals surface area contributed by atoms with Gasteiger partial charge in [-0.1, -0.05) is 6.07 Å². The minimum Gasteiger partial charge on any atom is -0.497 e. The lowest BCUT2D eigenvalue weighted by Gasteiger charge is -2.25. The van der Waals surface area contributed by atoms with Gasteiger partial charge in [0.2, 0.25) is 0 Å². The van der Waals surface area contributed by atoms with Crippen LogP contribution in [0.3, 0.4) is 0 Å². The second-order valence-electron chi connectivity index (χ2n) is 9.18. The van der Waals surface area contributed by atoms with Crippen molar-refractivity contribution in [1.29, 1.82) is 0 Å². The summed E-state index contributed by atoms with van der Waals surface area (Å²) >= 11 is 0. The van der Waals surface area contributed by atoms with Gasteiger partial charge in [-0.05, 0) is 97.1 Å². The summed E-state index contributed by atoms with van der Waals surface area (Å²) in [7, 11) is 4.93. The van der Waals surface area contributed by atoms with Crippen molar-refractivity contribution in [3.05, 3.63) is 47.7 Å². The van der Waals surface area contributed by atoms with E-state index in [1.807, 2.05) is 45.0 Å². The SMILES string of the molecule is COc1ccc2c(/C=C3\CCCN3C(=O)OC(C)(C)C)cc3cc(OC)c(OC)cc3c2c1. The molecule has 4 rings (SSSR count). The number of carbonyl (C=O) groups excluding carboxylic acids is 1. The lowest BCUT2D eigenvalue weighted by Crippen LogP contribution is -2.34. The Bertz CT molecular complexity index is 1240. The molecule has 1 aliphatic rings. The van der Waals surface area contributed by atoms with Gasteiger partial charge in [-0.3, -0.25) is 4.90 Å². The number of allylic oxidation sites excluding steroid dienone is 1. The number of likely N-dealkylation sites (tertiary alicyclic amines) is 1. The number of benzene rings is 3. The van der Waals surface area contributed by atoms with Crippen LogP contribution in [-0.4, -0.2) is 44.5 Å². The van der Waals surface area contributed by atoms with E-state index in [4.69, 9.17) is 18.9 Å². The van der Waals surface area contributed by atoms with Gasteiger partial charge in [0, 0.05) is 12.2 Å². The average molecular weight is 450 g/mol. The van der Waals surface area contributed by atoms with Gasteiger partial charge in [0.1, 0.15) is 11.4 Å². The monoisotopic (exact) mass is 449 g/mol. The van der Waals surface area contributed by atoms with E-state index in [0.717, 1.165) is 51.4 Å². The number of methoxy groups -OCH3 is 3. The standard InChI is InChI=1S/C27H31NO5/c1-27(2,3)33-26(29)28-11-7-8-19(28)13-17-12-18-14-24(31-5)25(32-6)16-22(18)23-15-20(30-4)9-10-21(17)23/h9-10,12-16H,7-8,11H2,1-6H3/b19-13+. The minimum atomic E-state index is -0.535. The summed E-state index contributed by atoms with van der Waals surface area (Å²) in [5, 5.41) is 4.17. The van der Waals surface area contributed by atoms with Crippen LogP contribution < -0.4 is 14.2 Å². The third-order valence-corrected chi connectivity index (χ3v) is 5.79. The van der Waals surface area contributed by atoms with Crippen molar-refractivity contribution in [2.24, 2.45) is 0 Å². The van der Waals surface area contributed by atoms with Crippen molar-refractivity contribution in [2.45, 2.75) is 39.2 Å². The summed E-state index contributed by atoms with van der Waals surface area (Å²) in [6, 6.07) is 12.2. The summed E-state index contributed by atoms with van der Waals surface area (Å²) in [6.45, 7) is 6.31. The molecule has 0 spiro atoms. The van der Waals surface area contributed by atoms with Crippen molar-refractivity contribution >= 4 is 33.7 Å². The van der Waals surface area contributed by atoms with Crippen LogP contribution in [-0.2, 0) is 4.74 Å². The fourth-order valence-corrected chi connectivity index (χ4v) is 4.29. The van der Waals surface area contributed by atoms with Gasteiger partial charge in [-0.2, -0.15) is 0 Å². The number of nitrogens with zero attached hydrogens (tertiary/aromatic N) is 1. The normalized spacial score (nSPS) is 15.3. The van der Waals surface area contributed by atoms with E-state index in [1.54, 1.807) is 26.2 Å². The molecule has 1 saturated heterocycles. The van der Waals surface area contributed by atoms with E-state index < -0.39 is 5.60 Å². The Labute approximate surface area is 194 Å². The zero-order valence-electron chi connectivity index (χ0n) is 20.2. The second-order valence-corrected chi connectivity index (χ2v) is 9.18. The molecule has 1 aliphatic heterocycles. The summed E-state index contributed by atoms with van der Waals surface area (Å²) in [5.41, 5.74) is 1.45. The summed E-state index contributed by atoms with van der Waals surface area (Å²) in [6.07, 6.45) is 3.53. The van der Waals surface area contributed by atoms with E-state index in [0.29, 0.717) is 18.0 Å². The van der Waals surface area contributed by atoms with Crippen molar-refractivity contribution in [2.75, 3.05) is 27.9 Å². The largest absolute Gasteiger partial charge is 0.497 e. The van der Waals surface area contributed by atoms with Gasteiger partial charge in [0.25, 0.3) is 0 Å². The number of hydrogen-bond donors (Lipinski definition) is 0. The molecule has 1 fully saturated rings. The van der Waals surface area contributed by atoms with E-state index in [9.17, 15) is 4.79 Å². The Balaban J connectivity index is 1.90. The van der Waals surface area contributed by atoms with Gasteiger partial charge >= 0.3 is 6.09 Å². The highest BCUT2D eigenvalue weighted by molar-refractivity contribution is 6.12. The van der Waals surface area contributed by atoms with Crippen molar-refractivity contribution < 1.29 is 23.7 Å². The van der Waals surface area contributed by atoms with Gasteiger partial charge in [0.05, 0.1) is 21.3 Å².